The maximum atomic E-state index is 11.6. The van der Waals surface area contributed by atoms with E-state index in [0.29, 0.717) is 6.61 Å². The molecule has 0 amide bonds. The highest BCUT2D eigenvalue weighted by Gasteiger charge is 2.19. The second-order valence-electron chi connectivity index (χ2n) is 4.87. The van der Waals surface area contributed by atoms with Crippen molar-refractivity contribution < 1.29 is 9.84 Å². The molecule has 1 aromatic rings. The van der Waals surface area contributed by atoms with Crippen LogP contribution in [0, 0.1) is 0 Å². The second-order valence-corrected chi connectivity index (χ2v) is 4.87. The summed E-state index contributed by atoms with van der Waals surface area (Å²) in [4.78, 5) is 13.9. The lowest BCUT2D eigenvalue weighted by Gasteiger charge is -2.31. The maximum absolute atomic E-state index is 11.6. The van der Waals surface area contributed by atoms with Crippen molar-refractivity contribution in [3.63, 3.8) is 0 Å². The molecular weight excluding hydrogens is 244 g/mol. The third-order valence-electron chi connectivity index (χ3n) is 3.54. The Hall–Kier alpha value is -1.17. The number of nitrogens with zero attached hydrogens (tertiary/aromatic N) is 2. The molecule has 106 valence electrons. The number of aromatic nitrogens is 1. The SMILES string of the molecule is O=c1ccccn1CCN1CCC(OCCO)CC1. The van der Waals surface area contributed by atoms with E-state index < -0.39 is 0 Å². The van der Waals surface area contributed by atoms with Crippen LogP contribution in [0.3, 0.4) is 0 Å². The van der Waals surface area contributed by atoms with Gasteiger partial charge in [0.05, 0.1) is 19.3 Å². The Balaban J connectivity index is 1.71. The van der Waals surface area contributed by atoms with Gasteiger partial charge in [-0.15, -0.1) is 0 Å². The molecule has 0 bridgehead atoms. The fourth-order valence-corrected chi connectivity index (χ4v) is 2.41. The van der Waals surface area contributed by atoms with Crippen LogP contribution in [0.4, 0.5) is 0 Å². The Morgan fingerprint density at radius 1 is 1.26 bits per heavy atom. The van der Waals surface area contributed by atoms with Crippen LogP contribution < -0.4 is 5.56 Å². The molecule has 2 rings (SSSR count). The predicted molar refractivity (Wildman–Crippen MR) is 73.2 cm³/mol. The van der Waals surface area contributed by atoms with Crippen molar-refractivity contribution in [3.8, 4) is 0 Å². The summed E-state index contributed by atoms with van der Waals surface area (Å²) in [6, 6.07) is 5.24. The molecule has 1 aromatic heterocycles. The molecule has 0 aliphatic carbocycles. The van der Waals surface area contributed by atoms with Crippen molar-refractivity contribution in [3.05, 3.63) is 34.7 Å². The number of rotatable bonds is 6. The first kappa shape index (κ1) is 14.2. The Kier molecular flexibility index (Phi) is 5.57. The standard InChI is InChI=1S/C14H22N2O3/c17-11-12-19-13-4-7-15(8-5-13)9-10-16-6-2-1-3-14(16)18/h1-3,6,13,17H,4-5,7-12H2. The lowest BCUT2D eigenvalue weighted by atomic mass is 10.1. The zero-order chi connectivity index (χ0) is 13.5. The molecule has 2 heterocycles. The van der Waals surface area contributed by atoms with Crippen LogP contribution in [0.25, 0.3) is 0 Å². The van der Waals surface area contributed by atoms with E-state index in [0.717, 1.165) is 39.0 Å². The summed E-state index contributed by atoms with van der Waals surface area (Å²) in [6.07, 6.45) is 4.12. The van der Waals surface area contributed by atoms with Gasteiger partial charge < -0.3 is 19.3 Å². The third kappa shape index (κ3) is 4.45. The van der Waals surface area contributed by atoms with Gasteiger partial charge in [-0.25, -0.2) is 0 Å². The summed E-state index contributed by atoms with van der Waals surface area (Å²) in [7, 11) is 0. The molecule has 1 aliphatic rings. The van der Waals surface area contributed by atoms with E-state index in [-0.39, 0.29) is 18.3 Å². The molecule has 0 radical (unpaired) electrons. The predicted octanol–water partition coefficient (Wildman–Crippen LogP) is 0.322. The van der Waals surface area contributed by atoms with Gasteiger partial charge in [0.2, 0.25) is 0 Å². The van der Waals surface area contributed by atoms with Crippen LogP contribution in [0.2, 0.25) is 0 Å². The molecule has 1 saturated heterocycles. The van der Waals surface area contributed by atoms with Gasteiger partial charge in [0.15, 0.2) is 0 Å². The molecule has 1 N–H and O–H groups in total. The topological polar surface area (TPSA) is 54.7 Å². The van der Waals surface area contributed by atoms with Crippen LogP contribution in [-0.4, -0.2) is 53.5 Å². The molecule has 5 nitrogen and oxygen atoms in total. The number of aliphatic hydroxyl groups excluding tert-OH is 1. The molecule has 0 unspecified atom stereocenters. The van der Waals surface area contributed by atoms with Gasteiger partial charge in [0, 0.05) is 38.4 Å². The van der Waals surface area contributed by atoms with E-state index in [1.165, 1.54) is 0 Å². The van der Waals surface area contributed by atoms with Gasteiger partial charge in [-0.1, -0.05) is 6.07 Å². The van der Waals surface area contributed by atoms with Crippen molar-refractivity contribution in [2.45, 2.75) is 25.5 Å². The van der Waals surface area contributed by atoms with Crippen molar-refractivity contribution >= 4 is 0 Å². The molecular formula is C14H22N2O3. The van der Waals surface area contributed by atoms with E-state index in [1.54, 1.807) is 16.7 Å². The molecule has 0 aromatic carbocycles. The summed E-state index contributed by atoms with van der Waals surface area (Å²) < 4.78 is 7.27. The number of ether oxygens (including phenoxy) is 1. The fraction of sp³-hybridized carbons (Fsp3) is 0.643. The smallest absolute Gasteiger partial charge is 0.250 e. The maximum Gasteiger partial charge on any atom is 0.250 e. The summed E-state index contributed by atoms with van der Waals surface area (Å²) >= 11 is 0. The first-order chi connectivity index (χ1) is 9.29. The Labute approximate surface area is 113 Å². The number of hydrogen-bond acceptors (Lipinski definition) is 4. The first-order valence-electron chi connectivity index (χ1n) is 6.90. The fourth-order valence-electron chi connectivity index (χ4n) is 2.41. The zero-order valence-electron chi connectivity index (χ0n) is 11.2. The summed E-state index contributed by atoms with van der Waals surface area (Å²) in [5.74, 6) is 0. The monoisotopic (exact) mass is 266 g/mol. The highest BCUT2D eigenvalue weighted by Crippen LogP contribution is 2.13. The van der Waals surface area contributed by atoms with Crippen molar-refractivity contribution in [1.29, 1.82) is 0 Å². The van der Waals surface area contributed by atoms with Crippen LogP contribution in [-0.2, 0) is 11.3 Å². The van der Waals surface area contributed by atoms with Crippen LogP contribution in [0.15, 0.2) is 29.2 Å². The first-order valence-corrected chi connectivity index (χ1v) is 6.90. The minimum absolute atomic E-state index is 0.0589. The molecule has 19 heavy (non-hydrogen) atoms. The zero-order valence-corrected chi connectivity index (χ0v) is 11.2. The second kappa shape index (κ2) is 7.43. The third-order valence-corrected chi connectivity index (χ3v) is 3.54. The van der Waals surface area contributed by atoms with Gasteiger partial charge in [0.1, 0.15) is 0 Å². The van der Waals surface area contributed by atoms with E-state index in [1.807, 2.05) is 12.3 Å². The van der Waals surface area contributed by atoms with E-state index >= 15 is 0 Å². The molecule has 0 saturated carbocycles. The van der Waals surface area contributed by atoms with E-state index in [9.17, 15) is 4.79 Å². The van der Waals surface area contributed by atoms with Crippen LogP contribution in [0.1, 0.15) is 12.8 Å². The average Bonchev–Trinajstić information content (AvgIpc) is 2.45. The lowest BCUT2D eigenvalue weighted by Crippen LogP contribution is -2.39. The number of pyridine rings is 1. The largest absolute Gasteiger partial charge is 0.394 e. The Bertz CT molecular complexity index is 425. The molecule has 0 atom stereocenters. The number of aliphatic hydroxyl groups is 1. The van der Waals surface area contributed by atoms with Crippen LogP contribution >= 0.6 is 0 Å². The van der Waals surface area contributed by atoms with Crippen LogP contribution in [0.5, 0.6) is 0 Å². The highest BCUT2D eigenvalue weighted by atomic mass is 16.5. The minimum Gasteiger partial charge on any atom is -0.394 e. The average molecular weight is 266 g/mol. The highest BCUT2D eigenvalue weighted by molar-refractivity contribution is 4.93. The van der Waals surface area contributed by atoms with Gasteiger partial charge >= 0.3 is 0 Å². The number of piperidine rings is 1. The van der Waals surface area contributed by atoms with Gasteiger partial charge in [-0.3, -0.25) is 4.79 Å². The Morgan fingerprint density at radius 3 is 2.74 bits per heavy atom. The summed E-state index contributed by atoms with van der Waals surface area (Å²) in [5.41, 5.74) is 0.0589. The summed E-state index contributed by atoms with van der Waals surface area (Å²) in [5, 5.41) is 8.72. The number of likely N-dealkylation sites (tertiary alicyclic amines) is 1. The van der Waals surface area contributed by atoms with Crippen molar-refractivity contribution in [2.75, 3.05) is 32.8 Å². The van der Waals surface area contributed by atoms with Crippen molar-refractivity contribution in [2.24, 2.45) is 0 Å². The molecule has 1 fully saturated rings. The number of hydrogen-bond donors (Lipinski definition) is 1. The molecule has 5 heteroatoms. The minimum atomic E-state index is 0.0589. The normalized spacial score (nSPS) is 17.7. The Morgan fingerprint density at radius 2 is 2.05 bits per heavy atom. The summed E-state index contributed by atoms with van der Waals surface area (Å²) in [6.45, 7) is 4.16. The van der Waals surface area contributed by atoms with E-state index in [4.69, 9.17) is 9.84 Å². The van der Waals surface area contributed by atoms with Crippen molar-refractivity contribution in [1.82, 2.24) is 9.47 Å². The molecule has 0 spiro atoms. The van der Waals surface area contributed by atoms with Gasteiger partial charge in [-0.2, -0.15) is 0 Å². The molecule has 1 aliphatic heterocycles. The quantitative estimate of drug-likeness (QED) is 0.806. The van der Waals surface area contributed by atoms with E-state index in [2.05, 4.69) is 4.90 Å². The van der Waals surface area contributed by atoms with Gasteiger partial charge in [0.25, 0.3) is 5.56 Å². The van der Waals surface area contributed by atoms with Gasteiger partial charge in [-0.05, 0) is 18.9 Å². The lowest BCUT2D eigenvalue weighted by molar-refractivity contribution is -0.00814.